The van der Waals surface area contributed by atoms with E-state index in [9.17, 15) is 4.79 Å². The summed E-state index contributed by atoms with van der Waals surface area (Å²) in [5, 5.41) is 13.9. The summed E-state index contributed by atoms with van der Waals surface area (Å²) < 4.78 is 9.18. The standard InChI is InChI=1S/C11H15NO5S/c13-11(12-7-4-8-18-17-16-14)15-9-10-5-2-1-3-6-10/h1-3,5-6,14H,4,7-9H2,(H,12,13). The monoisotopic (exact) mass is 273 g/mol. The van der Waals surface area contributed by atoms with Crippen LogP contribution in [-0.2, 0) is 20.7 Å². The normalized spacial score (nSPS) is 10.1. The Bertz CT molecular complexity index is 335. The molecule has 0 radical (unpaired) electrons. The molecular formula is C11H15NO5S. The first-order valence-electron chi connectivity index (χ1n) is 5.37. The average Bonchev–Trinajstić information content (AvgIpc) is 2.41. The van der Waals surface area contributed by atoms with Crippen molar-refractivity contribution in [2.24, 2.45) is 0 Å². The van der Waals surface area contributed by atoms with E-state index in [-0.39, 0.29) is 6.61 Å². The molecule has 0 aliphatic carbocycles. The molecule has 0 aliphatic heterocycles. The first-order valence-corrected chi connectivity index (χ1v) is 6.28. The summed E-state index contributed by atoms with van der Waals surface area (Å²) in [5.74, 6) is 0.583. The molecule has 18 heavy (non-hydrogen) atoms. The molecule has 0 aliphatic rings. The highest BCUT2D eigenvalue weighted by atomic mass is 32.2. The fourth-order valence-corrected chi connectivity index (χ4v) is 1.52. The highest BCUT2D eigenvalue weighted by molar-refractivity contribution is 7.94. The molecule has 0 saturated carbocycles. The van der Waals surface area contributed by atoms with Gasteiger partial charge in [0.2, 0.25) is 0 Å². The summed E-state index contributed by atoms with van der Waals surface area (Å²) >= 11 is 0.951. The number of nitrogens with one attached hydrogen (secondary N) is 1. The molecule has 0 atom stereocenters. The van der Waals surface area contributed by atoms with Gasteiger partial charge in [-0.2, -0.15) is 0 Å². The Morgan fingerprint density at radius 3 is 2.83 bits per heavy atom. The van der Waals surface area contributed by atoms with Crippen molar-refractivity contribution in [1.29, 1.82) is 0 Å². The average molecular weight is 273 g/mol. The quantitative estimate of drug-likeness (QED) is 0.328. The Hall–Kier alpha value is -1.28. The predicted octanol–water partition coefficient (Wildman–Crippen LogP) is 2.37. The van der Waals surface area contributed by atoms with Crippen LogP contribution in [0.1, 0.15) is 12.0 Å². The van der Waals surface area contributed by atoms with Crippen molar-refractivity contribution in [1.82, 2.24) is 5.32 Å². The first kappa shape index (κ1) is 14.8. The van der Waals surface area contributed by atoms with Gasteiger partial charge in [0.15, 0.2) is 0 Å². The van der Waals surface area contributed by atoms with E-state index in [2.05, 4.69) is 14.7 Å². The minimum absolute atomic E-state index is 0.253. The Kier molecular flexibility index (Phi) is 7.98. The fraction of sp³-hybridized carbons (Fsp3) is 0.364. The molecular weight excluding hydrogens is 258 g/mol. The third-order valence-electron chi connectivity index (χ3n) is 1.97. The zero-order chi connectivity index (χ0) is 13.1. The fourth-order valence-electron chi connectivity index (χ4n) is 1.15. The van der Waals surface area contributed by atoms with Gasteiger partial charge in [-0.05, 0) is 12.0 Å². The molecule has 1 rings (SSSR count). The van der Waals surface area contributed by atoms with Crippen molar-refractivity contribution in [2.45, 2.75) is 13.0 Å². The number of amides is 1. The predicted molar refractivity (Wildman–Crippen MR) is 66.5 cm³/mol. The summed E-state index contributed by atoms with van der Waals surface area (Å²) in [5.41, 5.74) is 0.941. The van der Waals surface area contributed by atoms with Crippen LogP contribution in [0, 0.1) is 0 Å². The van der Waals surface area contributed by atoms with Gasteiger partial charge in [0.25, 0.3) is 0 Å². The number of benzene rings is 1. The molecule has 6 nitrogen and oxygen atoms in total. The van der Waals surface area contributed by atoms with Crippen LogP contribution in [0.3, 0.4) is 0 Å². The summed E-state index contributed by atoms with van der Waals surface area (Å²) in [7, 11) is 0. The van der Waals surface area contributed by atoms with E-state index in [0.717, 1.165) is 17.6 Å². The van der Waals surface area contributed by atoms with Crippen LogP contribution in [0.15, 0.2) is 30.3 Å². The van der Waals surface area contributed by atoms with Crippen LogP contribution in [0.5, 0.6) is 0 Å². The van der Waals surface area contributed by atoms with Gasteiger partial charge in [0, 0.05) is 24.3 Å². The SMILES string of the molecule is O=C(NCCCSOOO)OCc1ccccc1. The zero-order valence-corrected chi connectivity index (χ0v) is 10.5. The third-order valence-corrected chi connectivity index (χ3v) is 2.58. The Morgan fingerprint density at radius 1 is 1.33 bits per heavy atom. The van der Waals surface area contributed by atoms with Crippen molar-refractivity contribution in [3.8, 4) is 0 Å². The molecule has 0 fully saturated rings. The molecule has 0 saturated heterocycles. The summed E-state index contributed by atoms with van der Waals surface area (Å²) in [6.45, 7) is 0.721. The second-order valence-corrected chi connectivity index (χ2v) is 4.09. The second kappa shape index (κ2) is 9.72. The van der Waals surface area contributed by atoms with Crippen molar-refractivity contribution in [3.63, 3.8) is 0 Å². The number of carbonyl (C=O) groups is 1. The van der Waals surface area contributed by atoms with Gasteiger partial charge in [0.05, 0.1) is 0 Å². The highest BCUT2D eigenvalue weighted by Crippen LogP contribution is 2.03. The molecule has 100 valence electrons. The number of hydrogen-bond acceptors (Lipinski definition) is 6. The summed E-state index contributed by atoms with van der Waals surface area (Å²) in [6, 6.07) is 9.44. The van der Waals surface area contributed by atoms with E-state index in [1.807, 2.05) is 30.3 Å². The minimum Gasteiger partial charge on any atom is -0.445 e. The van der Waals surface area contributed by atoms with E-state index in [1.165, 1.54) is 0 Å². The number of alkyl carbamates (subject to hydrolysis) is 1. The van der Waals surface area contributed by atoms with Crippen LogP contribution in [0.25, 0.3) is 0 Å². The number of ether oxygens (including phenoxy) is 1. The molecule has 7 heteroatoms. The smallest absolute Gasteiger partial charge is 0.407 e. The topological polar surface area (TPSA) is 77.0 Å². The maximum absolute atomic E-state index is 11.3. The van der Waals surface area contributed by atoms with E-state index < -0.39 is 6.09 Å². The Labute approximate surface area is 109 Å². The van der Waals surface area contributed by atoms with E-state index >= 15 is 0 Å². The van der Waals surface area contributed by atoms with E-state index in [1.54, 1.807) is 0 Å². The highest BCUT2D eigenvalue weighted by Gasteiger charge is 2.01. The first-order chi connectivity index (χ1) is 8.83. The van der Waals surface area contributed by atoms with Crippen molar-refractivity contribution in [2.75, 3.05) is 12.3 Å². The maximum atomic E-state index is 11.3. The van der Waals surface area contributed by atoms with Crippen molar-refractivity contribution in [3.05, 3.63) is 35.9 Å². The molecule has 0 heterocycles. The van der Waals surface area contributed by atoms with Gasteiger partial charge in [-0.25, -0.2) is 10.1 Å². The van der Waals surface area contributed by atoms with Crippen LogP contribution >= 0.6 is 12.0 Å². The number of hydrogen-bond donors (Lipinski definition) is 2. The molecule has 0 aromatic heterocycles. The lowest BCUT2D eigenvalue weighted by atomic mass is 10.2. The van der Waals surface area contributed by atoms with Crippen LogP contribution in [0.2, 0.25) is 0 Å². The van der Waals surface area contributed by atoms with E-state index in [0.29, 0.717) is 18.7 Å². The van der Waals surface area contributed by atoms with Crippen LogP contribution in [-0.4, -0.2) is 23.6 Å². The van der Waals surface area contributed by atoms with Crippen LogP contribution in [0.4, 0.5) is 4.79 Å². The third kappa shape index (κ3) is 7.13. The summed E-state index contributed by atoms with van der Waals surface area (Å²) in [4.78, 5) is 11.3. The van der Waals surface area contributed by atoms with Gasteiger partial charge >= 0.3 is 6.09 Å². The molecule has 1 aromatic rings. The van der Waals surface area contributed by atoms with Crippen molar-refractivity contribution < 1.29 is 24.2 Å². The molecule has 2 N–H and O–H groups in total. The number of rotatable bonds is 8. The molecule has 0 spiro atoms. The molecule has 1 amide bonds. The Balaban J connectivity index is 2.01. The minimum atomic E-state index is -0.455. The largest absolute Gasteiger partial charge is 0.445 e. The van der Waals surface area contributed by atoms with Gasteiger partial charge in [-0.1, -0.05) is 35.4 Å². The molecule has 0 unspecified atom stereocenters. The summed E-state index contributed by atoms with van der Waals surface area (Å²) in [6.07, 6.45) is 0.220. The lowest BCUT2D eigenvalue weighted by Gasteiger charge is -2.06. The van der Waals surface area contributed by atoms with Crippen LogP contribution < -0.4 is 5.32 Å². The molecule has 1 aromatic carbocycles. The van der Waals surface area contributed by atoms with Gasteiger partial charge in [-0.15, -0.1) is 4.33 Å². The zero-order valence-electron chi connectivity index (χ0n) is 9.70. The maximum Gasteiger partial charge on any atom is 0.407 e. The number of carbonyl (C=O) groups excluding carboxylic acids is 1. The van der Waals surface area contributed by atoms with E-state index in [4.69, 9.17) is 9.99 Å². The van der Waals surface area contributed by atoms with Crippen molar-refractivity contribution >= 4 is 18.1 Å². The van der Waals surface area contributed by atoms with Gasteiger partial charge < -0.3 is 10.1 Å². The van der Waals surface area contributed by atoms with Gasteiger partial charge in [0.1, 0.15) is 6.61 Å². The van der Waals surface area contributed by atoms with Gasteiger partial charge in [-0.3, -0.25) is 0 Å². The molecule has 0 bridgehead atoms. The second-order valence-electron chi connectivity index (χ2n) is 3.31. The lowest BCUT2D eigenvalue weighted by Crippen LogP contribution is -2.25. The lowest BCUT2D eigenvalue weighted by molar-refractivity contribution is -0.432. The Morgan fingerprint density at radius 2 is 2.11 bits per heavy atom.